The number of methoxy groups -OCH3 is 1. The van der Waals surface area contributed by atoms with Gasteiger partial charge in [0.05, 0.1) is 55.8 Å². The molecule has 1 saturated heterocycles. The number of aromatic nitrogens is 2. The molecule has 0 bridgehead atoms. The number of sulfonamides is 1. The van der Waals surface area contributed by atoms with Crippen LogP contribution < -0.4 is 14.5 Å². The van der Waals surface area contributed by atoms with Gasteiger partial charge in [-0.15, -0.1) is 0 Å². The maximum absolute atomic E-state index is 13.8. The number of anilines is 2. The van der Waals surface area contributed by atoms with Gasteiger partial charge in [0.15, 0.2) is 0 Å². The fourth-order valence-electron chi connectivity index (χ4n) is 6.10. The topological polar surface area (TPSA) is 88.1 Å². The second kappa shape index (κ2) is 14.8. The van der Waals surface area contributed by atoms with E-state index in [0.717, 1.165) is 23.0 Å². The molecule has 5 rings (SSSR count). The highest BCUT2D eigenvalue weighted by Crippen LogP contribution is 2.39. The van der Waals surface area contributed by atoms with Crippen LogP contribution in [0.1, 0.15) is 54.0 Å². The summed E-state index contributed by atoms with van der Waals surface area (Å²) in [6, 6.07) is 7.17. The molecule has 1 aromatic heterocycles. The monoisotopic (exact) mass is 727 g/mol. The van der Waals surface area contributed by atoms with Gasteiger partial charge in [0.1, 0.15) is 5.75 Å². The van der Waals surface area contributed by atoms with Gasteiger partial charge in [-0.3, -0.25) is 0 Å². The van der Waals surface area contributed by atoms with Gasteiger partial charge in [0, 0.05) is 44.8 Å². The predicted octanol–water partition coefficient (Wildman–Crippen LogP) is 6.61. The number of morpholine rings is 1. The third kappa shape index (κ3) is 8.87. The van der Waals surface area contributed by atoms with Gasteiger partial charge in [0.25, 0.3) is 0 Å². The third-order valence-corrected chi connectivity index (χ3v) is 10.0. The van der Waals surface area contributed by atoms with Crippen LogP contribution in [-0.4, -0.2) is 82.0 Å². The molecule has 0 atom stereocenters. The van der Waals surface area contributed by atoms with Crippen LogP contribution in [-0.2, 0) is 33.7 Å². The molecule has 2 aliphatic heterocycles. The Hall–Kier alpha value is -3.89. The second-order valence-corrected chi connectivity index (χ2v) is 14.6. The van der Waals surface area contributed by atoms with Crippen molar-refractivity contribution >= 4 is 27.2 Å². The molecule has 16 heteroatoms. The third-order valence-electron chi connectivity index (χ3n) is 8.78. The molecule has 50 heavy (non-hydrogen) atoms. The SMILES string of the molecule is COc1ccc(C(C)C)cc1C1=C(CN(Cc2cc(C(F)(F)F)cc(C(F)(F)F)c2)c2ncc(N3CCOCC3)cn2)CN(S(C)(=O)=O)CC1. The zero-order valence-electron chi connectivity index (χ0n) is 28.1. The lowest BCUT2D eigenvalue weighted by molar-refractivity contribution is -0.143. The van der Waals surface area contributed by atoms with Gasteiger partial charge < -0.3 is 19.3 Å². The molecule has 0 spiro atoms. The van der Waals surface area contributed by atoms with Crippen LogP contribution in [0.5, 0.6) is 5.75 Å². The molecular weight excluding hydrogens is 688 g/mol. The molecule has 0 unspecified atom stereocenters. The average molecular weight is 728 g/mol. The number of hydrogen-bond donors (Lipinski definition) is 0. The Morgan fingerprint density at radius 1 is 0.920 bits per heavy atom. The maximum Gasteiger partial charge on any atom is 0.416 e. The lowest BCUT2D eigenvalue weighted by Crippen LogP contribution is -2.40. The first kappa shape index (κ1) is 37.4. The quantitative estimate of drug-likeness (QED) is 0.216. The van der Waals surface area contributed by atoms with E-state index in [1.807, 2.05) is 36.9 Å². The number of ether oxygens (including phenoxy) is 2. The van der Waals surface area contributed by atoms with Gasteiger partial charge in [-0.05, 0) is 64.9 Å². The molecule has 272 valence electrons. The molecule has 3 aromatic rings. The van der Waals surface area contributed by atoms with E-state index in [1.165, 1.54) is 16.3 Å². The number of nitrogens with zero attached hydrogens (tertiary/aromatic N) is 5. The van der Waals surface area contributed by atoms with E-state index in [2.05, 4.69) is 9.97 Å². The normalized spacial score (nSPS) is 16.7. The Bertz CT molecular complexity index is 1780. The van der Waals surface area contributed by atoms with Crippen LogP contribution in [0.4, 0.5) is 38.0 Å². The molecule has 0 saturated carbocycles. The average Bonchev–Trinajstić information content (AvgIpc) is 3.07. The van der Waals surface area contributed by atoms with Gasteiger partial charge in [0.2, 0.25) is 16.0 Å². The van der Waals surface area contributed by atoms with Gasteiger partial charge in [-0.1, -0.05) is 19.9 Å². The van der Waals surface area contributed by atoms with Crippen molar-refractivity contribution in [3.8, 4) is 5.75 Å². The van der Waals surface area contributed by atoms with Crippen molar-refractivity contribution in [3.05, 3.63) is 82.2 Å². The standard InChI is InChI=1S/C34H39F6N5O4S/c1-22(2)24-5-6-31(48-3)30(15-24)29-7-8-45(50(4,46)47)21-25(29)20-44(32-41-17-28(18-42-32)43-9-11-49-12-10-43)19-23-13-26(33(35,36)37)16-27(14-23)34(38,39)40/h5-6,13-18,22H,7-12,19-21H2,1-4H3. The minimum absolute atomic E-state index is 0.0409. The van der Waals surface area contributed by atoms with Gasteiger partial charge in [-0.25, -0.2) is 18.4 Å². The zero-order chi connectivity index (χ0) is 36.4. The lowest BCUT2D eigenvalue weighted by Gasteiger charge is -2.34. The molecule has 1 fully saturated rings. The summed E-state index contributed by atoms with van der Waals surface area (Å²) in [4.78, 5) is 12.5. The Kier molecular flexibility index (Phi) is 11.0. The Morgan fingerprint density at radius 3 is 2.08 bits per heavy atom. The van der Waals surface area contributed by atoms with Crippen molar-refractivity contribution in [2.75, 3.05) is 69.1 Å². The Morgan fingerprint density at radius 2 is 1.54 bits per heavy atom. The first-order valence-corrected chi connectivity index (χ1v) is 17.8. The fraction of sp³-hybridized carbons (Fsp3) is 0.471. The highest BCUT2D eigenvalue weighted by atomic mass is 32.2. The van der Waals surface area contributed by atoms with E-state index in [-0.39, 0.29) is 49.6 Å². The molecule has 9 nitrogen and oxygen atoms in total. The van der Waals surface area contributed by atoms with Crippen LogP contribution in [0.15, 0.2) is 54.4 Å². The zero-order valence-corrected chi connectivity index (χ0v) is 28.9. The first-order valence-electron chi connectivity index (χ1n) is 16.0. The number of rotatable bonds is 10. The Balaban J connectivity index is 1.65. The molecule has 2 aliphatic rings. The van der Waals surface area contributed by atoms with E-state index < -0.39 is 40.0 Å². The lowest BCUT2D eigenvalue weighted by atomic mass is 9.90. The highest BCUT2D eigenvalue weighted by Gasteiger charge is 2.37. The summed E-state index contributed by atoms with van der Waals surface area (Å²) >= 11 is 0. The van der Waals surface area contributed by atoms with Crippen molar-refractivity contribution in [3.63, 3.8) is 0 Å². The van der Waals surface area contributed by atoms with E-state index in [9.17, 15) is 34.8 Å². The summed E-state index contributed by atoms with van der Waals surface area (Å²) in [5, 5.41) is 0. The van der Waals surface area contributed by atoms with Crippen molar-refractivity contribution in [1.82, 2.24) is 14.3 Å². The van der Waals surface area contributed by atoms with Crippen molar-refractivity contribution in [1.29, 1.82) is 0 Å². The smallest absolute Gasteiger partial charge is 0.416 e. The van der Waals surface area contributed by atoms with Crippen molar-refractivity contribution in [2.24, 2.45) is 0 Å². The second-order valence-electron chi connectivity index (χ2n) is 12.7. The van der Waals surface area contributed by atoms with Crippen molar-refractivity contribution < 1.29 is 44.2 Å². The molecular formula is C34H39F6N5O4S. The van der Waals surface area contributed by atoms with Gasteiger partial charge in [-0.2, -0.15) is 30.6 Å². The summed E-state index contributed by atoms with van der Waals surface area (Å²) in [7, 11) is -2.15. The maximum atomic E-state index is 13.8. The first-order chi connectivity index (χ1) is 23.4. The summed E-state index contributed by atoms with van der Waals surface area (Å²) in [6.45, 7) is 5.78. The number of alkyl halides is 6. The predicted molar refractivity (Wildman–Crippen MR) is 178 cm³/mol. The molecule has 0 aliphatic carbocycles. The van der Waals surface area contributed by atoms with Crippen LogP contribution in [0.2, 0.25) is 0 Å². The van der Waals surface area contributed by atoms with E-state index >= 15 is 0 Å². The molecule has 2 aromatic carbocycles. The summed E-state index contributed by atoms with van der Waals surface area (Å²) in [5.41, 5.74) is 0.578. The van der Waals surface area contributed by atoms with Crippen molar-refractivity contribution in [2.45, 2.75) is 45.1 Å². The molecule has 0 radical (unpaired) electrons. The highest BCUT2D eigenvalue weighted by molar-refractivity contribution is 7.88. The molecule has 0 amide bonds. The Labute approximate surface area is 287 Å². The summed E-state index contributed by atoms with van der Waals surface area (Å²) < 4.78 is 121. The van der Waals surface area contributed by atoms with Crippen LogP contribution >= 0.6 is 0 Å². The minimum atomic E-state index is -5.04. The molecule has 3 heterocycles. The largest absolute Gasteiger partial charge is 0.496 e. The van der Waals surface area contributed by atoms with Crippen LogP contribution in [0.25, 0.3) is 5.57 Å². The molecule has 0 N–H and O–H groups in total. The van der Waals surface area contributed by atoms with Crippen LogP contribution in [0, 0.1) is 0 Å². The minimum Gasteiger partial charge on any atom is -0.496 e. The summed E-state index contributed by atoms with van der Waals surface area (Å²) in [6.07, 6.45) is -5.62. The summed E-state index contributed by atoms with van der Waals surface area (Å²) in [5.74, 6) is 0.734. The number of halogens is 6. The van der Waals surface area contributed by atoms with Crippen LogP contribution in [0.3, 0.4) is 0 Å². The van der Waals surface area contributed by atoms with E-state index in [4.69, 9.17) is 9.47 Å². The van der Waals surface area contributed by atoms with E-state index in [0.29, 0.717) is 55.4 Å². The number of benzene rings is 2. The fourth-order valence-corrected chi connectivity index (χ4v) is 6.91. The van der Waals surface area contributed by atoms with Gasteiger partial charge >= 0.3 is 12.4 Å². The van der Waals surface area contributed by atoms with E-state index in [1.54, 1.807) is 12.4 Å². The number of hydrogen-bond acceptors (Lipinski definition) is 8.